The zero-order valence-corrected chi connectivity index (χ0v) is 41.3. The van der Waals surface area contributed by atoms with Gasteiger partial charge in [0.05, 0.1) is 60.3 Å². The van der Waals surface area contributed by atoms with Gasteiger partial charge in [0.2, 0.25) is 31.5 Å². The summed E-state index contributed by atoms with van der Waals surface area (Å²) in [5.74, 6) is 0.418. The predicted molar refractivity (Wildman–Crippen MR) is 266 cm³/mol. The van der Waals surface area contributed by atoms with E-state index in [4.69, 9.17) is 0 Å². The molecule has 70 heavy (non-hydrogen) atoms. The molecule has 0 spiro atoms. The van der Waals surface area contributed by atoms with Crippen LogP contribution in [0.1, 0.15) is 87.2 Å². The van der Waals surface area contributed by atoms with E-state index in [1.165, 1.54) is 0 Å². The number of carbonyl (C=O) groups is 3. The molecule has 2 aliphatic carbocycles. The average molecular weight is 987 g/mol. The summed E-state index contributed by atoms with van der Waals surface area (Å²) in [5, 5.41) is 24.3. The van der Waals surface area contributed by atoms with Crippen molar-refractivity contribution in [3.05, 3.63) is 121 Å². The van der Waals surface area contributed by atoms with Gasteiger partial charge in [-0.2, -0.15) is 10.2 Å². The number of benzene rings is 4. The smallest absolute Gasteiger partial charge is 0.233 e. The first-order chi connectivity index (χ1) is 33.5. The maximum atomic E-state index is 13.5. The van der Waals surface area contributed by atoms with Crippen LogP contribution in [0.25, 0.3) is 0 Å². The van der Waals surface area contributed by atoms with Crippen molar-refractivity contribution >= 4 is 71.7 Å². The minimum atomic E-state index is -3.67. The Hall–Kier alpha value is -6.63. The molecule has 16 nitrogen and oxygen atoms in total. The number of hydrogen-bond acceptors (Lipinski definition) is 12. The highest BCUT2D eigenvalue weighted by atomic mass is 32.2. The van der Waals surface area contributed by atoms with Crippen molar-refractivity contribution in [2.24, 2.45) is 25.9 Å². The monoisotopic (exact) mass is 986 g/mol. The van der Waals surface area contributed by atoms with Crippen molar-refractivity contribution in [2.75, 3.05) is 34.5 Å². The van der Waals surface area contributed by atoms with E-state index in [-0.39, 0.29) is 49.2 Å². The van der Waals surface area contributed by atoms with Crippen LogP contribution in [0, 0.1) is 11.8 Å². The van der Waals surface area contributed by atoms with Gasteiger partial charge in [-0.25, -0.2) is 16.8 Å². The topological polar surface area (TPSA) is 206 Å². The number of nitrogens with one attached hydrogen (secondary N) is 2. The largest absolute Gasteiger partial charge is 0.393 e. The Bertz CT molecular complexity index is 3190. The van der Waals surface area contributed by atoms with Crippen LogP contribution < -0.4 is 20.4 Å². The number of fused-ring (bicyclic) bond motifs is 4. The molecule has 2 aromatic heterocycles. The minimum Gasteiger partial charge on any atom is -0.393 e. The third-order valence-electron chi connectivity index (χ3n) is 14.3. The lowest BCUT2D eigenvalue weighted by Gasteiger charge is -2.32. The Morgan fingerprint density at radius 1 is 0.571 bits per heavy atom. The number of aryl methyl sites for hydroxylation is 2. The molecule has 2 amide bonds. The van der Waals surface area contributed by atoms with E-state index in [9.17, 15) is 36.3 Å². The van der Waals surface area contributed by atoms with Crippen LogP contribution in [0.4, 0.5) is 34.4 Å². The second-order valence-electron chi connectivity index (χ2n) is 19.0. The number of aliphatic hydroxyl groups is 1. The lowest BCUT2D eigenvalue weighted by atomic mass is 9.79. The number of hydrogen-bond donors (Lipinski definition) is 3. The highest BCUT2D eigenvalue weighted by molar-refractivity contribution is 7.92. The summed E-state index contributed by atoms with van der Waals surface area (Å²) in [4.78, 5) is 43.5. The molecule has 10 rings (SSSR count). The van der Waals surface area contributed by atoms with Gasteiger partial charge in [-0.3, -0.25) is 23.7 Å². The van der Waals surface area contributed by atoms with Crippen LogP contribution in [0.3, 0.4) is 0 Å². The van der Waals surface area contributed by atoms with Crippen LogP contribution in [0.5, 0.6) is 0 Å². The van der Waals surface area contributed by atoms with Gasteiger partial charge in [0, 0.05) is 65.6 Å². The lowest BCUT2D eigenvalue weighted by Crippen LogP contribution is -2.27. The molecule has 2 fully saturated rings. The van der Waals surface area contributed by atoms with E-state index in [1.807, 2.05) is 48.2 Å². The van der Waals surface area contributed by atoms with Crippen LogP contribution in [0.2, 0.25) is 0 Å². The average Bonchev–Trinajstić information content (AvgIpc) is 3.97. The molecule has 366 valence electrons. The predicted octanol–water partition coefficient (Wildman–Crippen LogP) is 8.20. The summed E-state index contributed by atoms with van der Waals surface area (Å²) in [7, 11) is -0.0682. The van der Waals surface area contributed by atoms with E-state index in [0.717, 1.165) is 49.7 Å². The minimum absolute atomic E-state index is 0.170. The highest BCUT2D eigenvalue weighted by Crippen LogP contribution is 2.47. The zero-order valence-electron chi connectivity index (χ0n) is 39.7. The first kappa shape index (κ1) is 48.4. The number of carbonyl (C=O) groups excluding carboxylic acids is 3. The fourth-order valence-corrected chi connectivity index (χ4v) is 13.7. The number of rotatable bonds is 10. The van der Waals surface area contributed by atoms with Gasteiger partial charge in [0.1, 0.15) is 5.78 Å². The van der Waals surface area contributed by atoms with Crippen molar-refractivity contribution in [3.8, 4) is 0 Å². The van der Waals surface area contributed by atoms with Crippen LogP contribution >= 0.6 is 0 Å². The van der Waals surface area contributed by atoms with Gasteiger partial charge in [-0.05, 0) is 123 Å². The molecule has 0 saturated heterocycles. The van der Waals surface area contributed by atoms with Gasteiger partial charge in [0.15, 0.2) is 11.6 Å². The molecule has 2 saturated carbocycles. The molecule has 2 aliphatic heterocycles. The van der Waals surface area contributed by atoms with Gasteiger partial charge in [-0.15, -0.1) is 0 Å². The maximum absolute atomic E-state index is 13.5. The number of amides is 2. The number of Topliss-reactive ketones (excluding diaryl/α,β-unsaturated/α-hetero) is 1. The SMILES string of the molecule is CN1c2ccccc2S(=O)(=O)c2ccc(C(CC3CCC(=O)CC3)C(=O)Nc3ccn(C)n3)cc21.CN1c2ccccc2S(=O)(=O)c2ccc(C(CC3CCC(O)CC3)C(=O)Nc3ccn(C)n3)cc21. The Balaban J connectivity index is 0.000000174. The van der Waals surface area contributed by atoms with Crippen molar-refractivity contribution in [1.29, 1.82) is 0 Å². The molecule has 3 N–H and O–H groups in total. The van der Waals surface area contributed by atoms with Gasteiger partial charge in [-0.1, -0.05) is 36.4 Å². The van der Waals surface area contributed by atoms with Crippen LogP contribution in [0.15, 0.2) is 129 Å². The van der Waals surface area contributed by atoms with E-state index in [2.05, 4.69) is 20.8 Å². The molecule has 0 bridgehead atoms. The number of aliphatic hydroxyl groups excluding tert-OH is 1. The number of para-hydroxylation sites is 2. The van der Waals surface area contributed by atoms with E-state index in [0.29, 0.717) is 66.0 Å². The lowest BCUT2D eigenvalue weighted by molar-refractivity contribution is -0.121. The van der Waals surface area contributed by atoms with Gasteiger partial charge < -0.3 is 25.5 Å². The van der Waals surface area contributed by atoms with E-state index >= 15 is 0 Å². The third-order valence-corrected chi connectivity index (χ3v) is 18.0. The number of anilines is 6. The Morgan fingerprint density at radius 2 is 0.971 bits per heavy atom. The molecular weight excluding hydrogens is 929 g/mol. The molecule has 18 heteroatoms. The molecule has 4 aromatic carbocycles. The third kappa shape index (κ3) is 9.76. The van der Waals surface area contributed by atoms with Crippen molar-refractivity contribution in [1.82, 2.24) is 19.6 Å². The summed E-state index contributed by atoms with van der Waals surface area (Å²) in [6.07, 6.45) is 10.3. The second-order valence-corrected chi connectivity index (χ2v) is 22.7. The standard InChI is InChI=1S/C26H30N4O4S.C26H28N4O4S/c2*1-29-14-13-25(28-29)27-26(32)20(15-17-7-10-19(31)11-8-17)18-9-12-24-22(16-18)30(2)21-5-3-4-6-23(21)35(24,33)34/h3-6,9,12-14,16-17,19-20,31H,7-8,10-11,15H2,1-2H3,(H,27,28,32);3-6,9,12-14,16-17,20H,7-8,10-11,15H2,1-2H3,(H,27,28,32). The number of sulfone groups is 2. The summed E-state index contributed by atoms with van der Waals surface area (Å²) >= 11 is 0. The molecule has 6 aromatic rings. The second kappa shape index (κ2) is 19.6. The summed E-state index contributed by atoms with van der Waals surface area (Å²) in [6.45, 7) is 0. The van der Waals surface area contributed by atoms with Crippen LogP contribution in [-0.4, -0.2) is 79.3 Å². The van der Waals surface area contributed by atoms with E-state index < -0.39 is 31.5 Å². The van der Waals surface area contributed by atoms with Crippen molar-refractivity contribution < 1.29 is 36.3 Å². The van der Waals surface area contributed by atoms with Crippen LogP contribution in [-0.2, 0) is 48.2 Å². The number of aromatic nitrogens is 4. The Morgan fingerprint density at radius 3 is 1.39 bits per heavy atom. The summed E-state index contributed by atoms with van der Waals surface area (Å²) < 4.78 is 56.5. The highest BCUT2D eigenvalue weighted by Gasteiger charge is 2.37. The van der Waals surface area contributed by atoms with Gasteiger partial charge >= 0.3 is 0 Å². The molecular formula is C52H58N8O8S2. The summed E-state index contributed by atoms with van der Waals surface area (Å²) in [6, 6.07) is 27.8. The summed E-state index contributed by atoms with van der Waals surface area (Å²) in [5.41, 5.74) is 3.86. The van der Waals surface area contributed by atoms with E-state index in [1.54, 1.807) is 109 Å². The fourth-order valence-electron chi connectivity index (χ4n) is 10.4. The molecule has 4 heterocycles. The van der Waals surface area contributed by atoms with Crippen molar-refractivity contribution in [2.45, 2.75) is 102 Å². The first-order valence-corrected chi connectivity index (χ1v) is 26.7. The molecule has 0 radical (unpaired) electrons. The first-order valence-electron chi connectivity index (χ1n) is 23.7. The fraction of sp³-hybridized carbons (Fsp3) is 0.365. The normalized spacial score (nSPS) is 19.8. The molecule has 2 unspecified atom stereocenters. The zero-order chi connectivity index (χ0) is 49.5. The quantitative estimate of drug-likeness (QED) is 0.119. The van der Waals surface area contributed by atoms with Gasteiger partial charge in [0.25, 0.3) is 0 Å². The molecule has 4 aliphatic rings. The maximum Gasteiger partial charge on any atom is 0.233 e. The Kier molecular flexibility index (Phi) is 13.6. The Labute approximate surface area is 408 Å². The number of nitrogens with zero attached hydrogens (tertiary/aromatic N) is 6. The number of ketones is 1. The van der Waals surface area contributed by atoms with Crippen molar-refractivity contribution in [3.63, 3.8) is 0 Å². The molecule has 2 atom stereocenters.